The highest BCUT2D eigenvalue weighted by atomic mass is 19.4. The molecule has 0 saturated heterocycles. The van der Waals surface area contributed by atoms with Gasteiger partial charge in [-0.3, -0.25) is 0 Å². The van der Waals surface area contributed by atoms with Gasteiger partial charge in [-0.15, -0.1) is 0 Å². The van der Waals surface area contributed by atoms with Crippen LogP contribution in [0.3, 0.4) is 0 Å². The molecule has 0 spiro atoms. The summed E-state index contributed by atoms with van der Waals surface area (Å²) in [6.07, 6.45) is -4.21. The number of rotatable bonds is 1. The summed E-state index contributed by atoms with van der Waals surface area (Å²) in [6.45, 7) is 1.75. The van der Waals surface area contributed by atoms with Crippen molar-refractivity contribution >= 4 is 5.69 Å². The highest BCUT2D eigenvalue weighted by molar-refractivity contribution is 5.41. The van der Waals surface area contributed by atoms with Gasteiger partial charge in [-0.05, 0) is 43.3 Å². The molecule has 0 heterocycles. The van der Waals surface area contributed by atoms with Crippen molar-refractivity contribution in [1.29, 1.82) is 0 Å². The first-order chi connectivity index (χ1) is 9.32. The van der Waals surface area contributed by atoms with Gasteiger partial charge in [0, 0.05) is 5.69 Å². The van der Waals surface area contributed by atoms with Gasteiger partial charge in [-0.2, -0.15) is 13.2 Å². The summed E-state index contributed by atoms with van der Waals surface area (Å²) in [5, 5.41) is 0. The van der Waals surface area contributed by atoms with E-state index in [1.165, 1.54) is 12.1 Å². The van der Waals surface area contributed by atoms with E-state index in [1.807, 2.05) is 12.1 Å². The molecule has 0 saturated carbocycles. The second kappa shape index (κ2) is 6.84. The summed E-state index contributed by atoms with van der Waals surface area (Å²) in [5.74, 6) is 0.837. The molecule has 5 heteroatoms. The molecule has 2 aromatic rings. The van der Waals surface area contributed by atoms with Crippen molar-refractivity contribution < 1.29 is 17.9 Å². The van der Waals surface area contributed by atoms with Crippen molar-refractivity contribution in [2.24, 2.45) is 0 Å². The molecule has 0 aromatic heterocycles. The van der Waals surface area contributed by atoms with Crippen LogP contribution in [0.15, 0.2) is 48.5 Å². The van der Waals surface area contributed by atoms with E-state index >= 15 is 0 Å². The lowest BCUT2D eigenvalue weighted by molar-refractivity contribution is -0.137. The monoisotopic (exact) mass is 283 g/mol. The van der Waals surface area contributed by atoms with Gasteiger partial charge in [0.1, 0.15) is 5.75 Å². The van der Waals surface area contributed by atoms with Crippen molar-refractivity contribution in [3.05, 3.63) is 59.7 Å². The quantitative estimate of drug-likeness (QED) is 0.792. The zero-order chi connectivity index (χ0) is 15.2. The van der Waals surface area contributed by atoms with E-state index in [9.17, 15) is 13.2 Å². The smallest absolute Gasteiger partial charge is 0.416 e. The van der Waals surface area contributed by atoms with Crippen molar-refractivity contribution in [3.8, 4) is 5.75 Å². The van der Waals surface area contributed by atoms with E-state index in [1.54, 1.807) is 26.2 Å². The maximum Gasteiger partial charge on any atom is 0.416 e. The number of hydrogen-bond donors (Lipinski definition) is 1. The first-order valence-electron chi connectivity index (χ1n) is 5.86. The summed E-state index contributed by atoms with van der Waals surface area (Å²) in [7, 11) is 1.63. The fourth-order valence-corrected chi connectivity index (χ4v) is 1.35. The Hall–Kier alpha value is -2.17. The second-order valence-electron chi connectivity index (χ2n) is 4.14. The number of hydrogen-bond acceptors (Lipinski definition) is 2. The van der Waals surface area contributed by atoms with Gasteiger partial charge in [0.25, 0.3) is 0 Å². The molecule has 0 aliphatic carbocycles. The molecule has 0 bridgehead atoms. The molecule has 20 heavy (non-hydrogen) atoms. The van der Waals surface area contributed by atoms with Gasteiger partial charge >= 0.3 is 6.18 Å². The number of halogens is 3. The average Bonchev–Trinajstić information content (AvgIpc) is 2.40. The van der Waals surface area contributed by atoms with Crippen LogP contribution in [0.4, 0.5) is 18.9 Å². The van der Waals surface area contributed by atoms with Gasteiger partial charge < -0.3 is 10.5 Å². The molecule has 108 valence electrons. The minimum atomic E-state index is -4.21. The number of ether oxygens (including phenoxy) is 1. The number of alkyl halides is 3. The number of methoxy groups -OCH3 is 1. The SMILES string of the molecule is COc1ccc(N)cc1.Cc1ccc(C(F)(F)F)cc1. The van der Waals surface area contributed by atoms with E-state index in [2.05, 4.69) is 0 Å². The Morgan fingerprint density at radius 3 is 1.80 bits per heavy atom. The number of nitrogen functional groups attached to an aromatic ring is 1. The standard InChI is InChI=1S/C8H7F3.C7H9NO/c1-6-2-4-7(5-3-6)8(9,10)11;1-9-7-4-2-6(8)3-5-7/h2-5H,1H3;2-5H,8H2,1H3. The minimum Gasteiger partial charge on any atom is -0.497 e. The lowest BCUT2D eigenvalue weighted by Crippen LogP contribution is -2.03. The van der Waals surface area contributed by atoms with E-state index < -0.39 is 11.7 Å². The molecule has 0 unspecified atom stereocenters. The molecule has 0 atom stereocenters. The van der Waals surface area contributed by atoms with Crippen LogP contribution in [0.5, 0.6) is 5.75 Å². The summed E-state index contributed by atoms with van der Waals surface area (Å²) in [5.41, 5.74) is 6.42. The molecular formula is C15H16F3NO. The minimum absolute atomic E-state index is 0.594. The van der Waals surface area contributed by atoms with Crippen molar-refractivity contribution in [3.63, 3.8) is 0 Å². The molecule has 0 aliphatic heterocycles. The third-order valence-corrected chi connectivity index (χ3v) is 2.49. The summed E-state index contributed by atoms with van der Waals surface area (Å²) in [6, 6.07) is 12.3. The maximum atomic E-state index is 11.9. The van der Waals surface area contributed by atoms with Gasteiger partial charge in [-0.25, -0.2) is 0 Å². The number of benzene rings is 2. The number of aryl methyl sites for hydroxylation is 1. The van der Waals surface area contributed by atoms with Gasteiger partial charge in [0.15, 0.2) is 0 Å². The Morgan fingerprint density at radius 2 is 1.40 bits per heavy atom. The Kier molecular flexibility index (Phi) is 5.43. The van der Waals surface area contributed by atoms with Gasteiger partial charge in [0.2, 0.25) is 0 Å². The van der Waals surface area contributed by atoms with Crippen LogP contribution >= 0.6 is 0 Å². The molecule has 0 amide bonds. The first-order valence-corrected chi connectivity index (χ1v) is 5.86. The summed E-state index contributed by atoms with van der Waals surface area (Å²) in [4.78, 5) is 0. The molecule has 2 N–H and O–H groups in total. The molecule has 0 aliphatic rings. The summed E-state index contributed by atoms with van der Waals surface area (Å²) < 4.78 is 40.7. The molecule has 0 radical (unpaired) electrons. The zero-order valence-corrected chi connectivity index (χ0v) is 11.2. The van der Waals surface area contributed by atoms with Crippen LogP contribution < -0.4 is 10.5 Å². The van der Waals surface area contributed by atoms with Crippen molar-refractivity contribution in [1.82, 2.24) is 0 Å². The lowest BCUT2D eigenvalue weighted by atomic mass is 10.1. The highest BCUT2D eigenvalue weighted by Gasteiger charge is 2.29. The topological polar surface area (TPSA) is 35.2 Å². The van der Waals surface area contributed by atoms with E-state index in [0.717, 1.165) is 29.1 Å². The van der Waals surface area contributed by atoms with Crippen LogP contribution in [-0.4, -0.2) is 7.11 Å². The number of anilines is 1. The van der Waals surface area contributed by atoms with Crippen LogP contribution in [0.25, 0.3) is 0 Å². The Labute approximate surface area is 116 Å². The van der Waals surface area contributed by atoms with Crippen LogP contribution in [0, 0.1) is 6.92 Å². The fraction of sp³-hybridized carbons (Fsp3) is 0.200. The number of nitrogens with two attached hydrogens (primary N) is 1. The van der Waals surface area contributed by atoms with Crippen LogP contribution in [0.1, 0.15) is 11.1 Å². The molecule has 2 nitrogen and oxygen atoms in total. The van der Waals surface area contributed by atoms with Crippen molar-refractivity contribution in [2.45, 2.75) is 13.1 Å². The van der Waals surface area contributed by atoms with Crippen LogP contribution in [0.2, 0.25) is 0 Å². The van der Waals surface area contributed by atoms with Gasteiger partial charge in [-0.1, -0.05) is 17.7 Å². The Morgan fingerprint density at radius 1 is 0.900 bits per heavy atom. The summed E-state index contributed by atoms with van der Waals surface area (Å²) >= 11 is 0. The van der Waals surface area contributed by atoms with Gasteiger partial charge in [0.05, 0.1) is 12.7 Å². The van der Waals surface area contributed by atoms with E-state index in [0.29, 0.717) is 0 Å². The normalized spacial score (nSPS) is 10.4. The van der Waals surface area contributed by atoms with Crippen LogP contribution in [-0.2, 0) is 6.18 Å². The zero-order valence-electron chi connectivity index (χ0n) is 11.2. The molecule has 2 rings (SSSR count). The fourth-order valence-electron chi connectivity index (χ4n) is 1.35. The molecule has 0 fully saturated rings. The molecular weight excluding hydrogens is 267 g/mol. The highest BCUT2D eigenvalue weighted by Crippen LogP contribution is 2.28. The third-order valence-electron chi connectivity index (χ3n) is 2.49. The predicted molar refractivity (Wildman–Crippen MR) is 73.6 cm³/mol. The van der Waals surface area contributed by atoms with E-state index in [4.69, 9.17) is 10.5 Å². The second-order valence-corrected chi connectivity index (χ2v) is 4.14. The maximum absolute atomic E-state index is 11.9. The average molecular weight is 283 g/mol. The van der Waals surface area contributed by atoms with Crippen molar-refractivity contribution in [2.75, 3.05) is 12.8 Å². The Balaban J connectivity index is 0.000000204. The molecule has 2 aromatic carbocycles. The first kappa shape index (κ1) is 15.9. The Bertz CT molecular complexity index is 518. The van der Waals surface area contributed by atoms with E-state index in [-0.39, 0.29) is 0 Å². The lowest BCUT2D eigenvalue weighted by Gasteiger charge is -2.05. The third kappa shape index (κ3) is 5.22. The predicted octanol–water partition coefficient (Wildman–Crippen LogP) is 4.29. The largest absolute Gasteiger partial charge is 0.497 e.